The van der Waals surface area contributed by atoms with E-state index in [4.69, 9.17) is 0 Å². The number of para-hydroxylation sites is 1. The summed E-state index contributed by atoms with van der Waals surface area (Å²) in [5, 5.41) is 0. The zero-order valence-electron chi connectivity index (χ0n) is 13.6. The average molecular weight is 327 g/mol. The Balaban J connectivity index is 1.76. The molecule has 2 atom stereocenters. The van der Waals surface area contributed by atoms with E-state index in [0.29, 0.717) is 5.56 Å². The molecule has 1 amide bonds. The Hall–Kier alpha value is -3.20. The van der Waals surface area contributed by atoms with Gasteiger partial charge in [0.25, 0.3) is 0 Å². The lowest BCUT2D eigenvalue weighted by Crippen LogP contribution is -2.63. The normalized spacial score (nSPS) is 19.4. The summed E-state index contributed by atoms with van der Waals surface area (Å²) < 4.78 is 0. The Bertz CT molecular complexity index is 842. The van der Waals surface area contributed by atoms with Crippen molar-refractivity contribution >= 4 is 17.4 Å². The van der Waals surface area contributed by atoms with E-state index in [2.05, 4.69) is 0 Å². The number of nitrogens with zero attached hydrogens (tertiary/aromatic N) is 1. The zero-order chi connectivity index (χ0) is 17.2. The minimum Gasteiger partial charge on any atom is -0.300 e. The van der Waals surface area contributed by atoms with Crippen LogP contribution in [-0.2, 0) is 4.79 Å². The number of hydrogen-bond donors (Lipinski definition) is 0. The number of Topliss-reactive ketones (excluding diaryl/α,β-unsaturated/α-hetero) is 1. The van der Waals surface area contributed by atoms with Crippen LogP contribution in [0, 0.1) is 0 Å². The molecule has 1 saturated heterocycles. The van der Waals surface area contributed by atoms with Gasteiger partial charge in [-0.3, -0.25) is 14.5 Å². The standard InChI is InChI=1S/C22H17NO2/c24-21(17-12-6-2-7-13-17)20-19(16-10-4-1-5-11-16)22(25)23(20)18-14-8-3-9-15-18/h1-15,19-20H/t19-,20-/m1/s1. The molecule has 122 valence electrons. The second-order valence-corrected chi connectivity index (χ2v) is 6.11. The van der Waals surface area contributed by atoms with E-state index in [1.165, 1.54) is 0 Å². The molecule has 0 saturated carbocycles. The van der Waals surface area contributed by atoms with Gasteiger partial charge in [0.2, 0.25) is 5.91 Å². The summed E-state index contributed by atoms with van der Waals surface area (Å²) in [5.74, 6) is -0.501. The second kappa shape index (κ2) is 6.36. The van der Waals surface area contributed by atoms with Gasteiger partial charge in [-0.15, -0.1) is 0 Å². The van der Waals surface area contributed by atoms with E-state index in [-0.39, 0.29) is 11.7 Å². The molecule has 3 nitrogen and oxygen atoms in total. The molecule has 0 radical (unpaired) electrons. The fourth-order valence-corrected chi connectivity index (χ4v) is 3.39. The monoisotopic (exact) mass is 327 g/mol. The molecule has 1 heterocycles. The van der Waals surface area contributed by atoms with E-state index < -0.39 is 12.0 Å². The maximum atomic E-state index is 13.1. The molecular formula is C22H17NO2. The fraction of sp³-hybridized carbons (Fsp3) is 0.0909. The quantitative estimate of drug-likeness (QED) is 0.535. The first-order valence-corrected chi connectivity index (χ1v) is 8.30. The number of amides is 1. The minimum atomic E-state index is -0.514. The lowest BCUT2D eigenvalue weighted by molar-refractivity contribution is -0.125. The predicted molar refractivity (Wildman–Crippen MR) is 97.7 cm³/mol. The van der Waals surface area contributed by atoms with Crippen molar-refractivity contribution in [3.05, 3.63) is 102 Å². The smallest absolute Gasteiger partial charge is 0.237 e. The molecule has 1 fully saturated rings. The SMILES string of the molecule is O=C(c1ccccc1)[C@H]1[C@@H](c2ccccc2)C(=O)N1c1ccccc1. The van der Waals surface area contributed by atoms with E-state index in [1.54, 1.807) is 17.0 Å². The van der Waals surface area contributed by atoms with Crippen molar-refractivity contribution in [2.75, 3.05) is 4.90 Å². The Morgan fingerprint density at radius 3 is 1.84 bits per heavy atom. The number of ketones is 1. The van der Waals surface area contributed by atoms with Crippen LogP contribution in [0.15, 0.2) is 91.0 Å². The number of rotatable bonds is 4. The Kier molecular flexibility index (Phi) is 3.90. The number of benzene rings is 3. The first-order chi connectivity index (χ1) is 12.3. The minimum absolute atomic E-state index is 0.0297. The van der Waals surface area contributed by atoms with E-state index >= 15 is 0 Å². The molecule has 0 aromatic heterocycles. The van der Waals surface area contributed by atoms with Gasteiger partial charge in [-0.25, -0.2) is 0 Å². The molecule has 3 aromatic rings. The molecule has 3 aromatic carbocycles. The largest absolute Gasteiger partial charge is 0.300 e. The third-order valence-corrected chi connectivity index (χ3v) is 4.62. The average Bonchev–Trinajstić information content (AvgIpc) is 2.68. The number of carbonyl (C=O) groups is 2. The van der Waals surface area contributed by atoms with Crippen molar-refractivity contribution < 1.29 is 9.59 Å². The Morgan fingerprint density at radius 2 is 1.24 bits per heavy atom. The van der Waals surface area contributed by atoms with Gasteiger partial charge in [0.15, 0.2) is 5.78 Å². The van der Waals surface area contributed by atoms with Crippen LogP contribution in [0.4, 0.5) is 5.69 Å². The molecule has 4 rings (SSSR count). The van der Waals surface area contributed by atoms with Gasteiger partial charge in [0, 0.05) is 11.3 Å². The third kappa shape index (κ3) is 2.64. The van der Waals surface area contributed by atoms with Crippen LogP contribution in [0.5, 0.6) is 0 Å². The zero-order valence-corrected chi connectivity index (χ0v) is 13.6. The maximum absolute atomic E-state index is 13.1. The molecule has 0 bridgehead atoms. The summed E-state index contributed by atoms with van der Waals surface area (Å²) >= 11 is 0. The van der Waals surface area contributed by atoms with Crippen molar-refractivity contribution in [2.45, 2.75) is 12.0 Å². The Labute approximate surface area is 146 Å². The summed E-state index contributed by atoms with van der Waals surface area (Å²) in [6.45, 7) is 0. The van der Waals surface area contributed by atoms with Crippen molar-refractivity contribution in [3.63, 3.8) is 0 Å². The summed E-state index contributed by atoms with van der Waals surface area (Å²) in [7, 11) is 0. The predicted octanol–water partition coefficient (Wildman–Crippen LogP) is 4.07. The number of β-lactam (4-membered cyclic amide) rings is 1. The summed E-state index contributed by atoms with van der Waals surface area (Å²) in [5.41, 5.74) is 2.27. The third-order valence-electron chi connectivity index (χ3n) is 4.62. The molecule has 25 heavy (non-hydrogen) atoms. The highest BCUT2D eigenvalue weighted by molar-refractivity contribution is 6.19. The lowest BCUT2D eigenvalue weighted by Gasteiger charge is -2.46. The van der Waals surface area contributed by atoms with Crippen LogP contribution in [-0.4, -0.2) is 17.7 Å². The number of anilines is 1. The van der Waals surface area contributed by atoms with Gasteiger partial charge in [0.05, 0.1) is 5.92 Å². The van der Waals surface area contributed by atoms with E-state index in [9.17, 15) is 9.59 Å². The highest BCUT2D eigenvalue weighted by Crippen LogP contribution is 2.40. The highest BCUT2D eigenvalue weighted by Gasteiger charge is 2.52. The number of hydrogen-bond acceptors (Lipinski definition) is 2. The molecule has 0 unspecified atom stereocenters. The fourth-order valence-electron chi connectivity index (χ4n) is 3.39. The topological polar surface area (TPSA) is 37.4 Å². The molecule has 0 N–H and O–H groups in total. The van der Waals surface area contributed by atoms with Crippen molar-refractivity contribution in [3.8, 4) is 0 Å². The summed E-state index contributed by atoms with van der Waals surface area (Å²) in [6.07, 6.45) is 0. The Morgan fingerprint density at radius 1 is 0.720 bits per heavy atom. The van der Waals surface area contributed by atoms with Crippen LogP contribution in [0.3, 0.4) is 0 Å². The van der Waals surface area contributed by atoms with Gasteiger partial charge >= 0.3 is 0 Å². The van der Waals surface area contributed by atoms with Gasteiger partial charge < -0.3 is 0 Å². The van der Waals surface area contributed by atoms with Crippen LogP contribution >= 0.6 is 0 Å². The summed E-state index contributed by atoms with van der Waals surface area (Å²) in [6, 6.07) is 27.6. The van der Waals surface area contributed by atoms with Crippen LogP contribution < -0.4 is 4.90 Å². The first kappa shape index (κ1) is 15.3. The molecule has 0 aliphatic carbocycles. The van der Waals surface area contributed by atoms with Gasteiger partial charge in [-0.05, 0) is 17.7 Å². The summed E-state index contributed by atoms with van der Waals surface area (Å²) in [4.78, 5) is 27.6. The highest BCUT2D eigenvalue weighted by atomic mass is 16.2. The molecule has 1 aliphatic heterocycles. The van der Waals surface area contributed by atoms with Crippen molar-refractivity contribution in [2.24, 2.45) is 0 Å². The van der Waals surface area contributed by atoms with Gasteiger partial charge in [-0.1, -0.05) is 78.9 Å². The first-order valence-electron chi connectivity index (χ1n) is 8.30. The van der Waals surface area contributed by atoms with Crippen LogP contribution in [0.25, 0.3) is 0 Å². The molecule has 3 heteroatoms. The van der Waals surface area contributed by atoms with E-state index in [0.717, 1.165) is 11.3 Å². The molecule has 0 spiro atoms. The van der Waals surface area contributed by atoms with Crippen LogP contribution in [0.1, 0.15) is 21.8 Å². The number of carbonyl (C=O) groups excluding carboxylic acids is 2. The second-order valence-electron chi connectivity index (χ2n) is 6.11. The molecular weight excluding hydrogens is 310 g/mol. The van der Waals surface area contributed by atoms with Gasteiger partial charge in [-0.2, -0.15) is 0 Å². The molecule has 1 aliphatic rings. The van der Waals surface area contributed by atoms with Crippen LogP contribution in [0.2, 0.25) is 0 Å². The van der Waals surface area contributed by atoms with Gasteiger partial charge in [0.1, 0.15) is 6.04 Å². The van der Waals surface area contributed by atoms with E-state index in [1.807, 2.05) is 78.9 Å². The van der Waals surface area contributed by atoms with Crippen molar-refractivity contribution in [1.82, 2.24) is 0 Å². The van der Waals surface area contributed by atoms with Crippen molar-refractivity contribution in [1.29, 1.82) is 0 Å². The lowest BCUT2D eigenvalue weighted by atomic mass is 9.77. The maximum Gasteiger partial charge on any atom is 0.237 e.